The molecule has 0 aromatic heterocycles. The van der Waals surface area contributed by atoms with Gasteiger partial charge in [-0.3, -0.25) is 10.2 Å². The number of nitrogens with two attached hydrogens (primary N) is 1. The fourth-order valence-electron chi connectivity index (χ4n) is 1.82. The number of ether oxygens (including phenoxy) is 1. The van der Waals surface area contributed by atoms with E-state index in [0.29, 0.717) is 5.75 Å². The summed E-state index contributed by atoms with van der Waals surface area (Å²) in [7, 11) is 0. The van der Waals surface area contributed by atoms with Gasteiger partial charge in [0.15, 0.2) is 0 Å². The van der Waals surface area contributed by atoms with Gasteiger partial charge >= 0.3 is 0 Å². The monoisotopic (exact) mass is 308 g/mol. The minimum absolute atomic E-state index is 0.0439. The number of rotatable bonds is 5. The number of hydrogen-bond donors (Lipinski definition) is 2. The molecule has 0 saturated carbocycles. The molecule has 1 amide bonds. The highest BCUT2D eigenvalue weighted by molar-refractivity contribution is 6.30. The first-order valence-corrected chi connectivity index (χ1v) is 6.62. The normalized spacial score (nSPS) is 10.2. The van der Waals surface area contributed by atoms with Gasteiger partial charge in [0.2, 0.25) is 5.91 Å². The molecule has 0 saturated heterocycles. The van der Waals surface area contributed by atoms with Crippen molar-refractivity contribution in [2.75, 3.05) is 0 Å². The van der Waals surface area contributed by atoms with E-state index in [0.717, 1.165) is 11.1 Å². The van der Waals surface area contributed by atoms with Crippen molar-refractivity contribution in [2.45, 2.75) is 13.0 Å². The lowest BCUT2D eigenvalue weighted by atomic mass is 10.1. The topological polar surface area (TPSA) is 64.3 Å². The van der Waals surface area contributed by atoms with Gasteiger partial charge in [0, 0.05) is 6.07 Å². The van der Waals surface area contributed by atoms with Crippen molar-refractivity contribution in [2.24, 2.45) is 5.84 Å². The molecule has 0 unspecified atom stereocenters. The maximum absolute atomic E-state index is 13.3. The first-order valence-electron chi connectivity index (χ1n) is 6.24. The molecule has 2 aromatic rings. The van der Waals surface area contributed by atoms with Crippen molar-refractivity contribution in [3.05, 3.63) is 64.4 Å². The molecule has 0 heterocycles. The van der Waals surface area contributed by atoms with E-state index < -0.39 is 5.82 Å². The Balaban J connectivity index is 2.09. The number of halogens is 2. The average Bonchev–Trinajstić information content (AvgIpc) is 2.49. The summed E-state index contributed by atoms with van der Waals surface area (Å²) in [5, 5.41) is 0.0439. The van der Waals surface area contributed by atoms with Crippen LogP contribution < -0.4 is 16.0 Å². The van der Waals surface area contributed by atoms with E-state index in [9.17, 15) is 9.18 Å². The Hall–Kier alpha value is -2.11. The number of hydrazine groups is 1. The number of carbonyl (C=O) groups excluding carboxylic acids is 1. The minimum Gasteiger partial charge on any atom is -0.489 e. The van der Waals surface area contributed by atoms with Crippen LogP contribution >= 0.6 is 11.6 Å². The minimum atomic E-state index is -0.537. The van der Waals surface area contributed by atoms with Gasteiger partial charge in [-0.15, -0.1) is 0 Å². The van der Waals surface area contributed by atoms with Crippen LogP contribution in [-0.4, -0.2) is 5.91 Å². The fourth-order valence-corrected chi connectivity index (χ4v) is 1.94. The zero-order valence-corrected chi connectivity index (χ0v) is 11.9. The van der Waals surface area contributed by atoms with E-state index in [-0.39, 0.29) is 24.0 Å². The van der Waals surface area contributed by atoms with Crippen LogP contribution in [0.25, 0.3) is 0 Å². The van der Waals surface area contributed by atoms with Gasteiger partial charge < -0.3 is 4.74 Å². The summed E-state index contributed by atoms with van der Waals surface area (Å²) in [4.78, 5) is 11.3. The second-order valence-electron chi connectivity index (χ2n) is 4.38. The summed E-state index contributed by atoms with van der Waals surface area (Å²) < 4.78 is 18.8. The smallest absolute Gasteiger partial charge is 0.238 e. The largest absolute Gasteiger partial charge is 0.489 e. The molecule has 0 aliphatic carbocycles. The standard InChI is InChI=1S/C15H14ClFN2O2/c16-13-6-5-12(8-14(13)17)21-9-11-4-2-1-3-10(11)7-15(20)19-18/h1-6,8H,7,9,18H2,(H,19,20). The molecule has 2 aromatic carbocycles. The molecule has 3 N–H and O–H groups in total. The lowest BCUT2D eigenvalue weighted by molar-refractivity contribution is -0.120. The van der Waals surface area contributed by atoms with Crippen LogP contribution in [0.2, 0.25) is 5.02 Å². The maximum Gasteiger partial charge on any atom is 0.238 e. The van der Waals surface area contributed by atoms with Crippen LogP contribution in [0.3, 0.4) is 0 Å². The molecular formula is C15H14ClFN2O2. The van der Waals surface area contributed by atoms with Crippen molar-refractivity contribution in [1.29, 1.82) is 0 Å². The second-order valence-corrected chi connectivity index (χ2v) is 4.78. The summed E-state index contributed by atoms with van der Waals surface area (Å²) in [6.45, 7) is 0.217. The predicted molar refractivity (Wildman–Crippen MR) is 78.2 cm³/mol. The summed E-state index contributed by atoms with van der Waals surface area (Å²) >= 11 is 5.61. The van der Waals surface area contributed by atoms with Crippen molar-refractivity contribution in [1.82, 2.24) is 5.43 Å². The molecule has 0 fully saturated rings. The van der Waals surface area contributed by atoms with Crippen molar-refractivity contribution >= 4 is 17.5 Å². The molecule has 0 atom stereocenters. The van der Waals surface area contributed by atoms with E-state index in [1.54, 1.807) is 6.07 Å². The van der Waals surface area contributed by atoms with Crippen LogP contribution in [0, 0.1) is 5.82 Å². The predicted octanol–water partition coefficient (Wildman–Crippen LogP) is 2.59. The molecule has 0 aliphatic rings. The lowest BCUT2D eigenvalue weighted by Crippen LogP contribution is -2.31. The fraction of sp³-hybridized carbons (Fsp3) is 0.133. The maximum atomic E-state index is 13.3. The molecule has 0 bridgehead atoms. The van der Waals surface area contributed by atoms with Gasteiger partial charge in [0.25, 0.3) is 0 Å². The second kappa shape index (κ2) is 7.06. The van der Waals surface area contributed by atoms with Gasteiger partial charge in [0.1, 0.15) is 18.2 Å². The molecular weight excluding hydrogens is 295 g/mol. The van der Waals surface area contributed by atoms with E-state index in [1.807, 2.05) is 24.3 Å². The highest BCUT2D eigenvalue weighted by Gasteiger charge is 2.08. The van der Waals surface area contributed by atoms with E-state index >= 15 is 0 Å². The quantitative estimate of drug-likeness (QED) is 0.507. The van der Waals surface area contributed by atoms with Gasteiger partial charge in [-0.05, 0) is 23.3 Å². The number of benzene rings is 2. The van der Waals surface area contributed by atoms with Crippen LogP contribution in [0.1, 0.15) is 11.1 Å². The van der Waals surface area contributed by atoms with Crippen LogP contribution in [0.4, 0.5) is 4.39 Å². The molecule has 0 radical (unpaired) electrons. The van der Waals surface area contributed by atoms with Crippen molar-refractivity contribution < 1.29 is 13.9 Å². The number of hydrogen-bond acceptors (Lipinski definition) is 3. The van der Waals surface area contributed by atoms with Gasteiger partial charge in [-0.25, -0.2) is 10.2 Å². The molecule has 110 valence electrons. The van der Waals surface area contributed by atoms with E-state index in [1.165, 1.54) is 12.1 Å². The Morgan fingerprint density at radius 3 is 2.62 bits per heavy atom. The Kier molecular flexibility index (Phi) is 5.14. The Morgan fingerprint density at radius 1 is 1.24 bits per heavy atom. The van der Waals surface area contributed by atoms with Crippen molar-refractivity contribution in [3.8, 4) is 5.75 Å². The molecule has 2 rings (SSSR count). The first kappa shape index (κ1) is 15.3. The summed E-state index contributed by atoms with van der Waals surface area (Å²) in [5.74, 6) is 4.62. The van der Waals surface area contributed by atoms with E-state index in [2.05, 4.69) is 5.43 Å². The van der Waals surface area contributed by atoms with Gasteiger partial charge in [0.05, 0.1) is 11.4 Å². The summed E-state index contributed by atoms with van der Waals surface area (Å²) in [6, 6.07) is 11.6. The zero-order valence-electron chi connectivity index (χ0n) is 11.1. The van der Waals surface area contributed by atoms with Crippen LogP contribution in [-0.2, 0) is 17.8 Å². The highest BCUT2D eigenvalue weighted by atomic mass is 35.5. The molecule has 0 aliphatic heterocycles. The summed E-state index contributed by atoms with van der Waals surface area (Å²) in [5.41, 5.74) is 3.72. The van der Waals surface area contributed by atoms with Crippen LogP contribution in [0.5, 0.6) is 5.75 Å². The summed E-state index contributed by atoms with van der Waals surface area (Å²) in [6.07, 6.45) is 0.158. The average molecular weight is 309 g/mol. The number of nitrogens with one attached hydrogen (secondary N) is 1. The molecule has 6 heteroatoms. The Labute approximate surface area is 126 Å². The number of amides is 1. The highest BCUT2D eigenvalue weighted by Crippen LogP contribution is 2.21. The molecule has 4 nitrogen and oxygen atoms in total. The van der Waals surface area contributed by atoms with Gasteiger partial charge in [-0.1, -0.05) is 35.9 Å². The Morgan fingerprint density at radius 2 is 1.95 bits per heavy atom. The third kappa shape index (κ3) is 4.18. The number of carbonyl (C=O) groups is 1. The van der Waals surface area contributed by atoms with Gasteiger partial charge in [-0.2, -0.15) is 0 Å². The third-order valence-electron chi connectivity index (χ3n) is 2.92. The lowest BCUT2D eigenvalue weighted by Gasteiger charge is -2.11. The first-order chi connectivity index (χ1) is 10.1. The molecule has 0 spiro atoms. The molecule has 21 heavy (non-hydrogen) atoms. The Bertz CT molecular complexity index is 649. The van der Waals surface area contributed by atoms with E-state index in [4.69, 9.17) is 22.2 Å². The SMILES string of the molecule is NNC(=O)Cc1ccccc1COc1ccc(Cl)c(F)c1. The zero-order chi connectivity index (χ0) is 15.2. The third-order valence-corrected chi connectivity index (χ3v) is 3.22. The van der Waals surface area contributed by atoms with Crippen molar-refractivity contribution in [3.63, 3.8) is 0 Å². The van der Waals surface area contributed by atoms with Crippen LogP contribution in [0.15, 0.2) is 42.5 Å².